The van der Waals surface area contributed by atoms with Gasteiger partial charge in [-0.15, -0.1) is 0 Å². The van der Waals surface area contributed by atoms with Gasteiger partial charge in [0.15, 0.2) is 0 Å². The summed E-state index contributed by atoms with van der Waals surface area (Å²) in [6, 6.07) is 0. The lowest BCUT2D eigenvalue weighted by Gasteiger charge is -2.24. The second-order valence-corrected chi connectivity index (χ2v) is 3.99. The van der Waals surface area contributed by atoms with Crippen molar-refractivity contribution in [3.8, 4) is 0 Å². The number of carbonyl (C=O) groups is 2. The summed E-state index contributed by atoms with van der Waals surface area (Å²) < 4.78 is 4.83. The predicted molar refractivity (Wildman–Crippen MR) is 53.7 cm³/mol. The molecular formula is C10H19NO3. The number of amides is 1. The van der Waals surface area contributed by atoms with E-state index in [-0.39, 0.29) is 11.8 Å². The van der Waals surface area contributed by atoms with Gasteiger partial charge in [0.05, 0.1) is 6.61 Å². The van der Waals surface area contributed by atoms with E-state index in [4.69, 9.17) is 4.74 Å². The number of hydrogen-bond acceptors (Lipinski definition) is 3. The van der Waals surface area contributed by atoms with E-state index in [2.05, 4.69) is 5.32 Å². The lowest BCUT2D eigenvalue weighted by molar-refractivity contribution is -0.152. The molecule has 0 aliphatic rings. The molecule has 0 rings (SSSR count). The molecule has 0 saturated carbocycles. The molecule has 82 valence electrons. The fraction of sp³-hybridized carbons (Fsp3) is 0.800. The van der Waals surface area contributed by atoms with Crippen molar-refractivity contribution < 1.29 is 14.3 Å². The standard InChI is InChI=1S/C10H19NO3/c1-6-14-9(13)10(4,5)11-8(12)7(2)3/h7H,6H2,1-5H3,(H,11,12). The molecule has 0 radical (unpaired) electrons. The van der Waals surface area contributed by atoms with Gasteiger partial charge in [0.2, 0.25) is 5.91 Å². The van der Waals surface area contributed by atoms with Gasteiger partial charge in [-0.3, -0.25) is 4.79 Å². The van der Waals surface area contributed by atoms with Gasteiger partial charge in [0.25, 0.3) is 0 Å². The summed E-state index contributed by atoms with van der Waals surface area (Å²) in [7, 11) is 0. The minimum atomic E-state index is -0.947. The van der Waals surface area contributed by atoms with Crippen LogP contribution in [0.5, 0.6) is 0 Å². The van der Waals surface area contributed by atoms with Gasteiger partial charge in [-0.05, 0) is 20.8 Å². The molecule has 0 bridgehead atoms. The fourth-order valence-electron chi connectivity index (χ4n) is 0.815. The molecule has 14 heavy (non-hydrogen) atoms. The van der Waals surface area contributed by atoms with E-state index >= 15 is 0 Å². The largest absolute Gasteiger partial charge is 0.464 e. The van der Waals surface area contributed by atoms with E-state index in [1.165, 1.54) is 0 Å². The maximum absolute atomic E-state index is 11.4. The van der Waals surface area contributed by atoms with Gasteiger partial charge < -0.3 is 10.1 Å². The molecule has 0 aliphatic carbocycles. The average molecular weight is 201 g/mol. The Balaban J connectivity index is 4.33. The van der Waals surface area contributed by atoms with Crippen molar-refractivity contribution in [3.63, 3.8) is 0 Å². The quantitative estimate of drug-likeness (QED) is 0.693. The fourth-order valence-corrected chi connectivity index (χ4v) is 0.815. The molecule has 4 nitrogen and oxygen atoms in total. The molecule has 1 N–H and O–H groups in total. The van der Waals surface area contributed by atoms with E-state index in [1.807, 2.05) is 0 Å². The van der Waals surface area contributed by atoms with Gasteiger partial charge in [-0.1, -0.05) is 13.8 Å². The summed E-state index contributed by atoms with van der Waals surface area (Å²) in [5.41, 5.74) is -0.947. The number of hydrogen-bond donors (Lipinski definition) is 1. The Hall–Kier alpha value is -1.06. The average Bonchev–Trinajstić information content (AvgIpc) is 2.03. The van der Waals surface area contributed by atoms with E-state index in [0.29, 0.717) is 6.61 Å². The van der Waals surface area contributed by atoms with Crippen LogP contribution in [-0.2, 0) is 14.3 Å². The first-order chi connectivity index (χ1) is 6.31. The van der Waals surface area contributed by atoms with Crippen LogP contribution in [0.15, 0.2) is 0 Å². The Kier molecular flexibility index (Phi) is 4.60. The second-order valence-electron chi connectivity index (χ2n) is 3.99. The normalized spacial score (nSPS) is 11.3. The number of rotatable bonds is 4. The molecule has 0 saturated heterocycles. The maximum Gasteiger partial charge on any atom is 0.331 e. The smallest absolute Gasteiger partial charge is 0.331 e. The van der Waals surface area contributed by atoms with Crippen molar-refractivity contribution in [2.45, 2.75) is 40.2 Å². The van der Waals surface area contributed by atoms with Crippen molar-refractivity contribution in [1.29, 1.82) is 0 Å². The van der Waals surface area contributed by atoms with E-state index in [1.54, 1.807) is 34.6 Å². The molecule has 0 aliphatic heterocycles. The van der Waals surface area contributed by atoms with Crippen LogP contribution in [0, 0.1) is 5.92 Å². The summed E-state index contributed by atoms with van der Waals surface area (Å²) in [5, 5.41) is 2.63. The van der Waals surface area contributed by atoms with Gasteiger partial charge in [0.1, 0.15) is 5.54 Å². The van der Waals surface area contributed by atoms with Crippen molar-refractivity contribution in [2.24, 2.45) is 5.92 Å². The van der Waals surface area contributed by atoms with Crippen molar-refractivity contribution in [1.82, 2.24) is 5.32 Å². The van der Waals surface area contributed by atoms with Crippen LogP contribution in [0.4, 0.5) is 0 Å². The number of esters is 1. The molecule has 0 unspecified atom stereocenters. The summed E-state index contributed by atoms with van der Waals surface area (Å²) >= 11 is 0. The molecule has 0 heterocycles. The Morgan fingerprint density at radius 2 is 1.86 bits per heavy atom. The Bertz CT molecular complexity index is 221. The van der Waals surface area contributed by atoms with Crippen LogP contribution >= 0.6 is 0 Å². The van der Waals surface area contributed by atoms with Crippen LogP contribution in [0.3, 0.4) is 0 Å². The van der Waals surface area contributed by atoms with E-state index in [9.17, 15) is 9.59 Å². The SMILES string of the molecule is CCOC(=O)C(C)(C)NC(=O)C(C)C. The van der Waals surface area contributed by atoms with Crippen LogP contribution < -0.4 is 5.32 Å². The second kappa shape index (κ2) is 4.98. The molecular weight excluding hydrogens is 182 g/mol. The van der Waals surface area contributed by atoms with Gasteiger partial charge in [-0.2, -0.15) is 0 Å². The number of ether oxygens (including phenoxy) is 1. The van der Waals surface area contributed by atoms with Crippen molar-refractivity contribution >= 4 is 11.9 Å². The Morgan fingerprint density at radius 1 is 1.36 bits per heavy atom. The zero-order valence-electron chi connectivity index (χ0n) is 9.51. The molecule has 1 amide bonds. The third-order valence-corrected chi connectivity index (χ3v) is 1.75. The van der Waals surface area contributed by atoms with Crippen LogP contribution in [0.1, 0.15) is 34.6 Å². The minimum absolute atomic E-state index is 0.135. The Morgan fingerprint density at radius 3 is 2.21 bits per heavy atom. The van der Waals surface area contributed by atoms with Crippen LogP contribution in [0.25, 0.3) is 0 Å². The van der Waals surface area contributed by atoms with Gasteiger partial charge in [-0.25, -0.2) is 4.79 Å². The first-order valence-corrected chi connectivity index (χ1v) is 4.80. The number of carbonyl (C=O) groups excluding carboxylic acids is 2. The van der Waals surface area contributed by atoms with E-state index in [0.717, 1.165) is 0 Å². The molecule has 0 atom stereocenters. The van der Waals surface area contributed by atoms with Gasteiger partial charge in [0, 0.05) is 5.92 Å². The highest BCUT2D eigenvalue weighted by Crippen LogP contribution is 2.06. The highest BCUT2D eigenvalue weighted by molar-refractivity contribution is 5.88. The molecule has 0 spiro atoms. The lowest BCUT2D eigenvalue weighted by atomic mass is 10.0. The van der Waals surface area contributed by atoms with Crippen molar-refractivity contribution in [2.75, 3.05) is 6.61 Å². The molecule has 0 aromatic carbocycles. The third-order valence-electron chi connectivity index (χ3n) is 1.75. The Labute approximate surface area is 85.0 Å². The zero-order valence-corrected chi connectivity index (χ0v) is 9.51. The van der Waals surface area contributed by atoms with Crippen LogP contribution in [0.2, 0.25) is 0 Å². The monoisotopic (exact) mass is 201 g/mol. The summed E-state index contributed by atoms with van der Waals surface area (Å²) in [4.78, 5) is 22.7. The molecule has 0 aromatic rings. The van der Waals surface area contributed by atoms with Gasteiger partial charge >= 0.3 is 5.97 Å². The van der Waals surface area contributed by atoms with Crippen molar-refractivity contribution in [3.05, 3.63) is 0 Å². The summed E-state index contributed by atoms with van der Waals surface area (Å²) in [5.74, 6) is -0.694. The highest BCUT2D eigenvalue weighted by atomic mass is 16.5. The number of nitrogens with one attached hydrogen (secondary N) is 1. The summed E-state index contributed by atoms with van der Waals surface area (Å²) in [6.07, 6.45) is 0. The molecule has 0 aromatic heterocycles. The highest BCUT2D eigenvalue weighted by Gasteiger charge is 2.31. The zero-order chi connectivity index (χ0) is 11.4. The first kappa shape index (κ1) is 12.9. The maximum atomic E-state index is 11.4. The van der Waals surface area contributed by atoms with E-state index < -0.39 is 11.5 Å². The topological polar surface area (TPSA) is 55.4 Å². The predicted octanol–water partition coefficient (Wildman–Crippen LogP) is 1.10. The molecule has 4 heteroatoms. The molecule has 0 fully saturated rings. The minimum Gasteiger partial charge on any atom is -0.464 e. The lowest BCUT2D eigenvalue weighted by Crippen LogP contribution is -2.51. The summed E-state index contributed by atoms with van der Waals surface area (Å²) in [6.45, 7) is 8.86. The first-order valence-electron chi connectivity index (χ1n) is 4.80. The van der Waals surface area contributed by atoms with Crippen LogP contribution in [-0.4, -0.2) is 24.0 Å². The third kappa shape index (κ3) is 3.77.